The first-order chi connectivity index (χ1) is 8.58. The number of aryl methyl sites for hydroxylation is 3. The van der Waals surface area contributed by atoms with Crippen molar-refractivity contribution in [3.05, 3.63) is 28.8 Å². The predicted molar refractivity (Wildman–Crippen MR) is 72.0 cm³/mol. The molecule has 0 radical (unpaired) electrons. The van der Waals surface area contributed by atoms with Crippen LogP contribution in [0.1, 0.15) is 36.5 Å². The predicted octanol–water partition coefficient (Wildman–Crippen LogP) is 3.20. The van der Waals surface area contributed by atoms with E-state index in [9.17, 15) is 4.79 Å². The summed E-state index contributed by atoms with van der Waals surface area (Å²) in [7, 11) is 1.68. The lowest BCUT2D eigenvalue weighted by Gasteiger charge is -2.11. The average Bonchev–Trinajstić information content (AvgIpc) is 2.33. The molecule has 0 bridgehead atoms. The van der Waals surface area contributed by atoms with E-state index in [-0.39, 0.29) is 5.97 Å². The zero-order valence-corrected chi connectivity index (χ0v) is 11.7. The molecule has 0 heterocycles. The topological polar surface area (TPSA) is 35.5 Å². The quantitative estimate of drug-likeness (QED) is 0.727. The molecule has 18 heavy (non-hydrogen) atoms. The fraction of sp³-hybridized carbons (Fsp3) is 0.533. The number of hydrogen-bond donors (Lipinski definition) is 0. The monoisotopic (exact) mass is 250 g/mol. The Morgan fingerprint density at radius 2 is 1.94 bits per heavy atom. The van der Waals surface area contributed by atoms with E-state index in [0.29, 0.717) is 13.0 Å². The summed E-state index contributed by atoms with van der Waals surface area (Å²) < 4.78 is 10.2. The third-order valence-corrected chi connectivity index (χ3v) is 2.99. The van der Waals surface area contributed by atoms with Crippen molar-refractivity contribution < 1.29 is 14.3 Å². The van der Waals surface area contributed by atoms with Gasteiger partial charge in [-0.2, -0.15) is 0 Å². The largest absolute Gasteiger partial charge is 0.496 e. The Labute approximate surface area is 109 Å². The van der Waals surface area contributed by atoms with Crippen molar-refractivity contribution in [2.24, 2.45) is 0 Å². The Morgan fingerprint density at radius 3 is 2.56 bits per heavy atom. The van der Waals surface area contributed by atoms with Crippen LogP contribution in [0.2, 0.25) is 0 Å². The second kappa shape index (κ2) is 7.04. The molecule has 0 aliphatic heterocycles. The molecule has 1 aromatic carbocycles. The van der Waals surface area contributed by atoms with Crippen LogP contribution < -0.4 is 4.74 Å². The molecular weight excluding hydrogens is 228 g/mol. The van der Waals surface area contributed by atoms with Crippen LogP contribution in [-0.2, 0) is 16.0 Å². The summed E-state index contributed by atoms with van der Waals surface area (Å²) in [6, 6.07) is 4.19. The number of ether oxygens (including phenoxy) is 2. The zero-order chi connectivity index (χ0) is 13.5. The fourth-order valence-electron chi connectivity index (χ4n) is 2.00. The number of benzene rings is 1. The number of esters is 1. The van der Waals surface area contributed by atoms with Crippen LogP contribution in [0.4, 0.5) is 0 Å². The van der Waals surface area contributed by atoms with Crippen LogP contribution in [-0.4, -0.2) is 19.7 Å². The highest BCUT2D eigenvalue weighted by Gasteiger charge is 2.06. The molecule has 0 spiro atoms. The van der Waals surface area contributed by atoms with Crippen molar-refractivity contribution in [2.75, 3.05) is 13.7 Å². The minimum atomic E-state index is -0.111. The third-order valence-electron chi connectivity index (χ3n) is 2.99. The van der Waals surface area contributed by atoms with Crippen molar-refractivity contribution in [1.29, 1.82) is 0 Å². The van der Waals surface area contributed by atoms with Crippen LogP contribution in [0.15, 0.2) is 12.1 Å². The first-order valence-corrected chi connectivity index (χ1v) is 6.38. The second-order valence-corrected chi connectivity index (χ2v) is 4.41. The molecule has 0 N–H and O–H groups in total. The molecule has 0 aromatic heterocycles. The Hall–Kier alpha value is -1.51. The molecule has 3 nitrogen and oxygen atoms in total. The lowest BCUT2D eigenvalue weighted by Crippen LogP contribution is -2.04. The highest BCUT2D eigenvalue weighted by atomic mass is 16.5. The molecule has 0 saturated heterocycles. The van der Waals surface area contributed by atoms with E-state index in [4.69, 9.17) is 9.47 Å². The lowest BCUT2D eigenvalue weighted by molar-refractivity contribution is -0.143. The van der Waals surface area contributed by atoms with Crippen LogP contribution in [0, 0.1) is 13.8 Å². The summed E-state index contributed by atoms with van der Waals surface area (Å²) in [5.41, 5.74) is 3.62. The van der Waals surface area contributed by atoms with E-state index in [1.54, 1.807) is 7.11 Å². The van der Waals surface area contributed by atoms with E-state index in [1.165, 1.54) is 11.1 Å². The molecular formula is C15H22O3. The van der Waals surface area contributed by atoms with Crippen molar-refractivity contribution >= 4 is 5.97 Å². The summed E-state index contributed by atoms with van der Waals surface area (Å²) in [5, 5.41) is 0. The summed E-state index contributed by atoms with van der Waals surface area (Å²) in [5.74, 6) is 0.807. The minimum Gasteiger partial charge on any atom is -0.496 e. The molecule has 0 fully saturated rings. The van der Waals surface area contributed by atoms with Crippen LogP contribution in [0.25, 0.3) is 0 Å². The number of rotatable bonds is 6. The normalized spacial score (nSPS) is 10.2. The average molecular weight is 250 g/mol. The van der Waals surface area contributed by atoms with Gasteiger partial charge in [-0.1, -0.05) is 6.07 Å². The maximum absolute atomic E-state index is 11.2. The molecule has 0 saturated carbocycles. The zero-order valence-electron chi connectivity index (χ0n) is 11.7. The molecule has 1 aromatic rings. The summed E-state index contributed by atoms with van der Waals surface area (Å²) in [4.78, 5) is 11.2. The first-order valence-electron chi connectivity index (χ1n) is 6.38. The van der Waals surface area contributed by atoms with E-state index in [1.807, 2.05) is 13.8 Å². The van der Waals surface area contributed by atoms with Gasteiger partial charge in [0.05, 0.1) is 13.7 Å². The van der Waals surface area contributed by atoms with Gasteiger partial charge in [0.2, 0.25) is 0 Å². The minimum absolute atomic E-state index is 0.111. The van der Waals surface area contributed by atoms with Crippen molar-refractivity contribution in [3.63, 3.8) is 0 Å². The Balaban J connectivity index is 2.57. The molecule has 0 aliphatic carbocycles. The molecule has 0 unspecified atom stereocenters. The van der Waals surface area contributed by atoms with Gasteiger partial charge in [0.1, 0.15) is 5.75 Å². The fourth-order valence-corrected chi connectivity index (χ4v) is 2.00. The van der Waals surface area contributed by atoms with Gasteiger partial charge in [-0.05, 0) is 56.4 Å². The highest BCUT2D eigenvalue weighted by molar-refractivity contribution is 5.69. The van der Waals surface area contributed by atoms with Crippen LogP contribution >= 0.6 is 0 Å². The van der Waals surface area contributed by atoms with Crippen LogP contribution in [0.5, 0.6) is 5.75 Å². The van der Waals surface area contributed by atoms with Gasteiger partial charge in [0.15, 0.2) is 0 Å². The smallest absolute Gasteiger partial charge is 0.305 e. The molecule has 0 amide bonds. The van der Waals surface area contributed by atoms with Gasteiger partial charge < -0.3 is 9.47 Å². The number of hydrogen-bond acceptors (Lipinski definition) is 3. The summed E-state index contributed by atoms with van der Waals surface area (Å²) in [6.07, 6.45) is 2.21. The van der Waals surface area contributed by atoms with E-state index in [2.05, 4.69) is 19.1 Å². The van der Waals surface area contributed by atoms with Crippen molar-refractivity contribution in [1.82, 2.24) is 0 Å². The molecule has 3 heteroatoms. The van der Waals surface area contributed by atoms with E-state index in [0.717, 1.165) is 24.2 Å². The Bertz CT molecular complexity index is 410. The van der Waals surface area contributed by atoms with Gasteiger partial charge in [-0.15, -0.1) is 0 Å². The van der Waals surface area contributed by atoms with Gasteiger partial charge >= 0.3 is 5.97 Å². The number of carbonyl (C=O) groups is 1. The number of carbonyl (C=O) groups excluding carboxylic acids is 1. The maximum atomic E-state index is 11.2. The second-order valence-electron chi connectivity index (χ2n) is 4.41. The van der Waals surface area contributed by atoms with Gasteiger partial charge in [0.25, 0.3) is 0 Å². The third kappa shape index (κ3) is 4.06. The molecule has 100 valence electrons. The number of methoxy groups -OCH3 is 1. The van der Waals surface area contributed by atoms with Crippen molar-refractivity contribution in [3.8, 4) is 5.75 Å². The highest BCUT2D eigenvalue weighted by Crippen LogP contribution is 2.23. The van der Waals surface area contributed by atoms with E-state index >= 15 is 0 Å². The summed E-state index contributed by atoms with van der Waals surface area (Å²) in [6.45, 7) is 6.39. The Kier molecular flexibility index (Phi) is 5.69. The lowest BCUT2D eigenvalue weighted by atomic mass is 10.00. The maximum Gasteiger partial charge on any atom is 0.305 e. The standard InChI is InChI=1S/C15H22O3/c1-5-18-15(16)8-6-7-13-9-12(3)14(17-4)10-11(13)2/h9-10H,5-8H2,1-4H3. The van der Waals surface area contributed by atoms with Crippen molar-refractivity contribution in [2.45, 2.75) is 40.0 Å². The Morgan fingerprint density at radius 1 is 1.22 bits per heavy atom. The van der Waals surface area contributed by atoms with Gasteiger partial charge in [-0.25, -0.2) is 0 Å². The summed E-state index contributed by atoms with van der Waals surface area (Å²) >= 11 is 0. The molecule has 0 aliphatic rings. The van der Waals surface area contributed by atoms with Crippen LogP contribution in [0.3, 0.4) is 0 Å². The first kappa shape index (κ1) is 14.6. The van der Waals surface area contributed by atoms with Gasteiger partial charge in [0, 0.05) is 6.42 Å². The molecule has 0 atom stereocenters. The SMILES string of the molecule is CCOC(=O)CCCc1cc(C)c(OC)cc1C. The van der Waals surface area contributed by atoms with E-state index < -0.39 is 0 Å². The van der Waals surface area contributed by atoms with Gasteiger partial charge in [-0.3, -0.25) is 4.79 Å². The molecule has 1 rings (SSSR count).